The molecule has 0 amide bonds. The van der Waals surface area contributed by atoms with E-state index < -0.39 is 0 Å². The molecular weight excluding hydrogens is 270 g/mol. The van der Waals surface area contributed by atoms with Crippen LogP contribution < -0.4 is 0 Å². The minimum atomic E-state index is -0.126. The summed E-state index contributed by atoms with van der Waals surface area (Å²) in [4.78, 5) is 8.85. The van der Waals surface area contributed by atoms with E-state index in [4.69, 9.17) is 11.6 Å². The highest BCUT2D eigenvalue weighted by Gasteiger charge is 2.15. The molecule has 2 aromatic heterocycles. The minimum Gasteiger partial charge on any atom is -0.322 e. The van der Waals surface area contributed by atoms with Crippen molar-refractivity contribution in [3.63, 3.8) is 0 Å². The van der Waals surface area contributed by atoms with E-state index in [-0.39, 0.29) is 5.38 Å². The fraction of sp³-hybridized carbons (Fsp3) is 0.250. The minimum absolute atomic E-state index is 0.126. The lowest BCUT2D eigenvalue weighted by Gasteiger charge is -2.10. The van der Waals surface area contributed by atoms with E-state index >= 15 is 0 Å². The Kier molecular flexibility index (Phi) is 3.45. The van der Waals surface area contributed by atoms with Crippen molar-refractivity contribution in [1.29, 1.82) is 0 Å². The first-order chi connectivity index (χ1) is 9.65. The number of hydrogen-bond donors (Lipinski definition) is 0. The predicted octanol–water partition coefficient (Wildman–Crippen LogP) is 4.09. The van der Waals surface area contributed by atoms with E-state index in [0.717, 1.165) is 29.0 Å². The Balaban J connectivity index is 2.14. The van der Waals surface area contributed by atoms with Crippen LogP contribution in [0.5, 0.6) is 0 Å². The Morgan fingerprint density at radius 2 is 2.15 bits per heavy atom. The molecule has 3 rings (SSSR count). The maximum atomic E-state index is 6.29. The third-order valence-electron chi connectivity index (χ3n) is 3.35. The maximum absolute atomic E-state index is 6.29. The number of imidazole rings is 1. The van der Waals surface area contributed by atoms with Crippen molar-refractivity contribution in [3.05, 3.63) is 59.7 Å². The molecule has 4 heteroatoms. The summed E-state index contributed by atoms with van der Waals surface area (Å²) in [6.07, 6.45) is 3.66. The monoisotopic (exact) mass is 285 g/mol. The molecule has 0 radical (unpaired) electrons. The molecule has 102 valence electrons. The molecule has 20 heavy (non-hydrogen) atoms. The van der Waals surface area contributed by atoms with Crippen LogP contribution in [0.15, 0.2) is 42.7 Å². The van der Waals surface area contributed by atoms with E-state index in [9.17, 15) is 0 Å². The van der Waals surface area contributed by atoms with Crippen molar-refractivity contribution in [1.82, 2.24) is 14.5 Å². The number of fused-ring (bicyclic) bond motifs is 1. The lowest BCUT2D eigenvalue weighted by atomic mass is 10.2. The van der Waals surface area contributed by atoms with Gasteiger partial charge in [0, 0.05) is 12.4 Å². The molecule has 0 spiro atoms. The van der Waals surface area contributed by atoms with Crippen LogP contribution in [0.2, 0.25) is 0 Å². The average molecular weight is 286 g/mol. The van der Waals surface area contributed by atoms with Gasteiger partial charge in [0.25, 0.3) is 0 Å². The molecule has 0 fully saturated rings. The number of aromatic nitrogens is 3. The van der Waals surface area contributed by atoms with Crippen LogP contribution in [0.1, 0.15) is 29.3 Å². The van der Waals surface area contributed by atoms with Crippen molar-refractivity contribution in [3.8, 4) is 0 Å². The van der Waals surface area contributed by atoms with Gasteiger partial charge in [0.15, 0.2) is 0 Å². The third-order valence-corrected chi connectivity index (χ3v) is 3.55. The van der Waals surface area contributed by atoms with E-state index in [1.54, 1.807) is 6.20 Å². The van der Waals surface area contributed by atoms with Crippen molar-refractivity contribution in [2.24, 2.45) is 0 Å². The Morgan fingerprint density at radius 3 is 2.85 bits per heavy atom. The molecule has 1 atom stereocenters. The molecule has 2 heterocycles. The lowest BCUT2D eigenvalue weighted by Crippen LogP contribution is -2.05. The number of nitrogens with zero attached hydrogens (tertiary/aromatic N) is 3. The quantitative estimate of drug-likeness (QED) is 0.679. The first kappa shape index (κ1) is 13.1. The van der Waals surface area contributed by atoms with Gasteiger partial charge in [-0.15, -0.1) is 11.6 Å². The predicted molar refractivity (Wildman–Crippen MR) is 82.1 cm³/mol. The third kappa shape index (κ3) is 2.41. The molecule has 0 aliphatic rings. The number of alkyl halides is 1. The molecule has 3 aromatic rings. The summed E-state index contributed by atoms with van der Waals surface area (Å²) in [7, 11) is 0. The number of rotatable bonds is 3. The van der Waals surface area contributed by atoms with Gasteiger partial charge in [-0.2, -0.15) is 0 Å². The smallest absolute Gasteiger partial charge is 0.128 e. The molecule has 1 aromatic carbocycles. The summed E-state index contributed by atoms with van der Waals surface area (Å²) in [6.45, 7) is 4.76. The SMILES string of the molecule is Cc1ccc2c(c1)nc(C(C)Cl)n2Cc1cccnc1. The van der Waals surface area contributed by atoms with Crippen LogP contribution in [-0.2, 0) is 6.54 Å². The average Bonchev–Trinajstić information content (AvgIpc) is 2.78. The topological polar surface area (TPSA) is 30.7 Å². The van der Waals surface area contributed by atoms with Crippen molar-refractivity contribution in [2.45, 2.75) is 25.8 Å². The largest absolute Gasteiger partial charge is 0.322 e. The first-order valence-electron chi connectivity index (χ1n) is 6.65. The summed E-state index contributed by atoms with van der Waals surface area (Å²) < 4.78 is 2.17. The highest BCUT2D eigenvalue weighted by atomic mass is 35.5. The summed E-state index contributed by atoms with van der Waals surface area (Å²) in [5.41, 5.74) is 4.46. The zero-order valence-corrected chi connectivity index (χ0v) is 12.3. The van der Waals surface area contributed by atoms with Crippen LogP contribution in [0.25, 0.3) is 11.0 Å². The van der Waals surface area contributed by atoms with Gasteiger partial charge in [-0.05, 0) is 43.2 Å². The van der Waals surface area contributed by atoms with E-state index in [0.29, 0.717) is 0 Å². The van der Waals surface area contributed by atoms with Gasteiger partial charge < -0.3 is 4.57 Å². The lowest BCUT2D eigenvalue weighted by molar-refractivity contribution is 0.740. The zero-order chi connectivity index (χ0) is 14.1. The Morgan fingerprint density at radius 1 is 1.30 bits per heavy atom. The molecule has 0 saturated carbocycles. The van der Waals surface area contributed by atoms with Gasteiger partial charge in [-0.3, -0.25) is 4.98 Å². The van der Waals surface area contributed by atoms with Gasteiger partial charge in [-0.25, -0.2) is 4.98 Å². The standard InChI is InChI=1S/C16H16ClN3/c1-11-5-6-15-14(8-11)19-16(12(2)17)20(15)10-13-4-3-7-18-9-13/h3-9,12H,10H2,1-2H3. The second kappa shape index (κ2) is 5.25. The summed E-state index contributed by atoms with van der Waals surface area (Å²) >= 11 is 6.29. The van der Waals surface area contributed by atoms with Gasteiger partial charge in [-0.1, -0.05) is 12.1 Å². The fourth-order valence-electron chi connectivity index (χ4n) is 2.40. The normalized spacial score (nSPS) is 12.8. The van der Waals surface area contributed by atoms with Gasteiger partial charge >= 0.3 is 0 Å². The summed E-state index contributed by atoms with van der Waals surface area (Å²) in [5.74, 6) is 0.899. The van der Waals surface area contributed by atoms with Gasteiger partial charge in [0.2, 0.25) is 0 Å². The van der Waals surface area contributed by atoms with Crippen molar-refractivity contribution < 1.29 is 0 Å². The van der Waals surface area contributed by atoms with Crippen LogP contribution in [-0.4, -0.2) is 14.5 Å². The van der Waals surface area contributed by atoms with Crippen LogP contribution >= 0.6 is 11.6 Å². The van der Waals surface area contributed by atoms with Crippen LogP contribution in [0.4, 0.5) is 0 Å². The number of halogens is 1. The molecule has 1 unspecified atom stereocenters. The molecule has 0 saturated heterocycles. The van der Waals surface area contributed by atoms with E-state index in [1.807, 2.05) is 19.2 Å². The van der Waals surface area contributed by atoms with Crippen LogP contribution in [0.3, 0.4) is 0 Å². The Bertz CT molecular complexity index is 732. The Labute approximate surface area is 123 Å². The second-order valence-corrected chi connectivity index (χ2v) is 5.68. The van der Waals surface area contributed by atoms with Crippen LogP contribution in [0, 0.1) is 6.92 Å². The van der Waals surface area contributed by atoms with Crippen molar-refractivity contribution in [2.75, 3.05) is 0 Å². The summed E-state index contributed by atoms with van der Waals surface area (Å²) in [5, 5.41) is -0.126. The van der Waals surface area contributed by atoms with Crippen molar-refractivity contribution >= 4 is 22.6 Å². The Hall–Kier alpha value is -1.87. The number of hydrogen-bond acceptors (Lipinski definition) is 2. The molecule has 0 bridgehead atoms. The van der Waals surface area contributed by atoms with E-state index in [1.165, 1.54) is 5.56 Å². The second-order valence-electron chi connectivity index (χ2n) is 5.03. The number of benzene rings is 1. The van der Waals surface area contributed by atoms with Gasteiger partial charge in [0.05, 0.1) is 23.0 Å². The maximum Gasteiger partial charge on any atom is 0.128 e. The molecule has 0 N–H and O–H groups in total. The summed E-state index contributed by atoms with van der Waals surface area (Å²) in [6, 6.07) is 10.3. The molecule has 3 nitrogen and oxygen atoms in total. The van der Waals surface area contributed by atoms with E-state index in [2.05, 4.69) is 45.7 Å². The zero-order valence-electron chi connectivity index (χ0n) is 11.5. The first-order valence-corrected chi connectivity index (χ1v) is 7.08. The number of pyridine rings is 1. The molecule has 0 aliphatic heterocycles. The molecule has 0 aliphatic carbocycles. The molecular formula is C16H16ClN3. The number of aryl methyl sites for hydroxylation is 1. The highest BCUT2D eigenvalue weighted by Crippen LogP contribution is 2.26. The fourth-order valence-corrected chi connectivity index (χ4v) is 2.57. The highest BCUT2D eigenvalue weighted by molar-refractivity contribution is 6.20. The van der Waals surface area contributed by atoms with Gasteiger partial charge in [0.1, 0.15) is 5.82 Å².